The van der Waals surface area contributed by atoms with E-state index in [0.29, 0.717) is 13.0 Å². The lowest BCUT2D eigenvalue weighted by molar-refractivity contribution is -0.134. The standard InChI is InChI=1S/C11H20N2O/c1-5-8-10(12)11(14)13(7-3)9(4)6-2/h1,9-10H,6-8,12H2,2-4H3. The molecule has 0 aromatic carbocycles. The van der Waals surface area contributed by atoms with Crippen molar-refractivity contribution in [2.24, 2.45) is 5.73 Å². The zero-order valence-electron chi connectivity index (χ0n) is 9.29. The first-order chi connectivity index (χ1) is 6.58. The van der Waals surface area contributed by atoms with Gasteiger partial charge in [0, 0.05) is 19.0 Å². The number of carbonyl (C=O) groups excluding carboxylic acids is 1. The quantitative estimate of drug-likeness (QED) is 0.666. The maximum atomic E-state index is 11.8. The number of nitrogens with two attached hydrogens (primary N) is 1. The molecule has 0 fully saturated rings. The van der Waals surface area contributed by atoms with Crippen molar-refractivity contribution in [1.29, 1.82) is 0 Å². The van der Waals surface area contributed by atoms with Crippen molar-refractivity contribution in [2.75, 3.05) is 6.54 Å². The van der Waals surface area contributed by atoms with Gasteiger partial charge in [-0.15, -0.1) is 12.3 Å². The molecule has 80 valence electrons. The van der Waals surface area contributed by atoms with E-state index in [9.17, 15) is 4.79 Å². The van der Waals surface area contributed by atoms with E-state index < -0.39 is 6.04 Å². The highest BCUT2D eigenvalue weighted by Gasteiger charge is 2.22. The summed E-state index contributed by atoms with van der Waals surface area (Å²) < 4.78 is 0. The number of rotatable bonds is 5. The third-order valence-electron chi connectivity index (χ3n) is 2.40. The summed E-state index contributed by atoms with van der Waals surface area (Å²) in [7, 11) is 0. The van der Waals surface area contributed by atoms with Crippen LogP contribution in [-0.2, 0) is 4.79 Å². The van der Waals surface area contributed by atoms with E-state index >= 15 is 0 Å². The highest BCUT2D eigenvalue weighted by molar-refractivity contribution is 5.82. The van der Waals surface area contributed by atoms with Gasteiger partial charge in [0.2, 0.25) is 5.91 Å². The lowest BCUT2D eigenvalue weighted by Gasteiger charge is -2.29. The molecule has 2 unspecified atom stereocenters. The van der Waals surface area contributed by atoms with Crippen LogP contribution in [0.2, 0.25) is 0 Å². The Morgan fingerprint density at radius 3 is 2.50 bits per heavy atom. The van der Waals surface area contributed by atoms with E-state index in [1.165, 1.54) is 0 Å². The first-order valence-corrected chi connectivity index (χ1v) is 5.07. The van der Waals surface area contributed by atoms with Crippen LogP contribution < -0.4 is 5.73 Å². The Labute approximate surface area is 86.6 Å². The summed E-state index contributed by atoms with van der Waals surface area (Å²) >= 11 is 0. The van der Waals surface area contributed by atoms with Crippen molar-refractivity contribution in [3.05, 3.63) is 0 Å². The fourth-order valence-corrected chi connectivity index (χ4v) is 1.33. The Hall–Kier alpha value is -1.01. The van der Waals surface area contributed by atoms with Crippen molar-refractivity contribution >= 4 is 5.91 Å². The molecule has 1 amide bonds. The lowest BCUT2D eigenvalue weighted by Crippen LogP contribution is -2.47. The Kier molecular flexibility index (Phi) is 5.98. The molecule has 0 bridgehead atoms. The molecular weight excluding hydrogens is 176 g/mol. The van der Waals surface area contributed by atoms with E-state index in [0.717, 1.165) is 6.42 Å². The minimum Gasteiger partial charge on any atom is -0.339 e. The summed E-state index contributed by atoms with van der Waals surface area (Å²) in [6.07, 6.45) is 6.36. The molecule has 3 heteroatoms. The van der Waals surface area contributed by atoms with Gasteiger partial charge in [0.1, 0.15) is 0 Å². The molecule has 0 radical (unpaired) electrons. The van der Waals surface area contributed by atoms with Gasteiger partial charge in [-0.3, -0.25) is 4.79 Å². The van der Waals surface area contributed by atoms with E-state index in [2.05, 4.69) is 5.92 Å². The fraction of sp³-hybridized carbons (Fsp3) is 0.727. The summed E-state index contributed by atoms with van der Waals surface area (Å²) in [4.78, 5) is 13.5. The van der Waals surface area contributed by atoms with Gasteiger partial charge in [-0.05, 0) is 20.3 Å². The number of terminal acetylenes is 1. The van der Waals surface area contributed by atoms with Crippen LogP contribution >= 0.6 is 0 Å². The van der Waals surface area contributed by atoms with Gasteiger partial charge in [0.15, 0.2) is 0 Å². The van der Waals surface area contributed by atoms with E-state index in [1.807, 2.05) is 20.8 Å². The molecule has 0 heterocycles. The molecule has 2 atom stereocenters. The average Bonchev–Trinajstić information content (AvgIpc) is 2.18. The number of nitrogens with zero attached hydrogens (tertiary/aromatic N) is 1. The Morgan fingerprint density at radius 1 is 1.57 bits per heavy atom. The predicted molar refractivity (Wildman–Crippen MR) is 58.6 cm³/mol. The molecule has 0 aliphatic heterocycles. The summed E-state index contributed by atoms with van der Waals surface area (Å²) in [5, 5.41) is 0. The van der Waals surface area contributed by atoms with Crippen LogP contribution in [0, 0.1) is 12.3 Å². The maximum Gasteiger partial charge on any atom is 0.240 e. The van der Waals surface area contributed by atoms with Gasteiger partial charge in [-0.2, -0.15) is 0 Å². The van der Waals surface area contributed by atoms with Crippen molar-refractivity contribution in [1.82, 2.24) is 4.90 Å². The van der Waals surface area contributed by atoms with Gasteiger partial charge < -0.3 is 10.6 Å². The molecular formula is C11H20N2O. The van der Waals surface area contributed by atoms with Gasteiger partial charge in [0.05, 0.1) is 6.04 Å². The van der Waals surface area contributed by atoms with Crippen molar-refractivity contribution < 1.29 is 4.79 Å². The first kappa shape index (κ1) is 13.0. The smallest absolute Gasteiger partial charge is 0.240 e. The summed E-state index contributed by atoms with van der Waals surface area (Å²) in [6.45, 7) is 6.70. The third kappa shape index (κ3) is 3.39. The zero-order chi connectivity index (χ0) is 11.1. The molecule has 2 N–H and O–H groups in total. The second-order valence-electron chi connectivity index (χ2n) is 3.40. The number of amides is 1. The summed E-state index contributed by atoms with van der Waals surface area (Å²) in [5.41, 5.74) is 5.66. The van der Waals surface area contributed by atoms with Gasteiger partial charge >= 0.3 is 0 Å². The minimum atomic E-state index is -0.547. The Morgan fingerprint density at radius 2 is 2.14 bits per heavy atom. The molecule has 0 aromatic rings. The predicted octanol–water partition coefficient (Wildman–Crippen LogP) is 0.984. The Balaban J connectivity index is 4.39. The van der Waals surface area contributed by atoms with Gasteiger partial charge in [-0.25, -0.2) is 0 Å². The molecule has 0 saturated heterocycles. The van der Waals surface area contributed by atoms with E-state index in [-0.39, 0.29) is 11.9 Å². The topological polar surface area (TPSA) is 46.3 Å². The van der Waals surface area contributed by atoms with Gasteiger partial charge in [-0.1, -0.05) is 6.92 Å². The molecule has 0 aliphatic carbocycles. The van der Waals surface area contributed by atoms with Crippen LogP contribution in [0.3, 0.4) is 0 Å². The van der Waals surface area contributed by atoms with E-state index in [1.54, 1.807) is 4.90 Å². The van der Waals surface area contributed by atoms with Crippen LogP contribution in [0.1, 0.15) is 33.6 Å². The van der Waals surface area contributed by atoms with Crippen LogP contribution in [0.25, 0.3) is 0 Å². The fourth-order valence-electron chi connectivity index (χ4n) is 1.33. The second kappa shape index (κ2) is 6.44. The largest absolute Gasteiger partial charge is 0.339 e. The normalized spacial score (nSPS) is 14.2. The lowest BCUT2D eigenvalue weighted by atomic mass is 10.1. The van der Waals surface area contributed by atoms with E-state index in [4.69, 9.17) is 12.2 Å². The second-order valence-corrected chi connectivity index (χ2v) is 3.40. The number of carbonyl (C=O) groups is 1. The maximum absolute atomic E-state index is 11.8. The average molecular weight is 196 g/mol. The molecule has 0 rings (SSSR count). The third-order valence-corrected chi connectivity index (χ3v) is 2.40. The highest BCUT2D eigenvalue weighted by atomic mass is 16.2. The Bertz CT molecular complexity index is 220. The van der Waals surface area contributed by atoms with Crippen LogP contribution in [0.15, 0.2) is 0 Å². The van der Waals surface area contributed by atoms with Crippen LogP contribution in [0.4, 0.5) is 0 Å². The molecule has 0 aromatic heterocycles. The molecule has 0 aliphatic rings. The minimum absolute atomic E-state index is 0.0419. The number of hydrogen-bond donors (Lipinski definition) is 1. The van der Waals surface area contributed by atoms with Crippen LogP contribution in [-0.4, -0.2) is 29.4 Å². The molecule has 0 saturated carbocycles. The number of likely N-dealkylation sites (N-methyl/N-ethyl adjacent to an activating group) is 1. The number of hydrogen-bond acceptors (Lipinski definition) is 2. The van der Waals surface area contributed by atoms with Gasteiger partial charge in [0.25, 0.3) is 0 Å². The monoisotopic (exact) mass is 196 g/mol. The van der Waals surface area contributed by atoms with Crippen molar-refractivity contribution in [3.63, 3.8) is 0 Å². The SMILES string of the molecule is C#CCC(N)C(=O)N(CC)C(C)CC. The molecule has 14 heavy (non-hydrogen) atoms. The zero-order valence-corrected chi connectivity index (χ0v) is 9.29. The van der Waals surface area contributed by atoms with Crippen molar-refractivity contribution in [2.45, 2.75) is 45.7 Å². The van der Waals surface area contributed by atoms with Crippen molar-refractivity contribution in [3.8, 4) is 12.3 Å². The molecule has 3 nitrogen and oxygen atoms in total. The first-order valence-electron chi connectivity index (χ1n) is 5.07. The summed E-state index contributed by atoms with van der Waals surface area (Å²) in [5.74, 6) is 2.37. The highest BCUT2D eigenvalue weighted by Crippen LogP contribution is 2.06. The molecule has 0 spiro atoms. The van der Waals surface area contributed by atoms with Crippen LogP contribution in [0.5, 0.6) is 0 Å². The summed E-state index contributed by atoms with van der Waals surface area (Å²) in [6, 6.07) is -0.315.